The van der Waals surface area contributed by atoms with Crippen LogP contribution in [0.2, 0.25) is 4.34 Å². The summed E-state index contributed by atoms with van der Waals surface area (Å²) in [4.78, 5) is 20.6. The standard InChI is InChI=1S/C21H27ClN4OS/c22-20-7-6-19(28-20)16-24-10-12-25(13-11-24)21(27)23-14-17-8-9-26(15-17)18-4-2-1-3-5-18/h1-7,17H,8-16H2,(H,23,27). The monoisotopic (exact) mass is 418 g/mol. The van der Waals surface area contributed by atoms with Crippen molar-refractivity contribution < 1.29 is 4.79 Å². The number of anilines is 1. The molecule has 4 rings (SSSR count). The van der Waals surface area contributed by atoms with Crippen LogP contribution in [0.1, 0.15) is 11.3 Å². The molecule has 2 fully saturated rings. The van der Waals surface area contributed by atoms with Gasteiger partial charge in [0.05, 0.1) is 4.34 Å². The molecule has 2 aromatic rings. The summed E-state index contributed by atoms with van der Waals surface area (Å²) in [6, 6.07) is 14.6. The van der Waals surface area contributed by atoms with E-state index in [0.717, 1.165) is 63.1 Å². The lowest BCUT2D eigenvalue weighted by Crippen LogP contribution is -2.52. The van der Waals surface area contributed by atoms with Crippen molar-refractivity contribution in [3.63, 3.8) is 0 Å². The highest BCUT2D eigenvalue weighted by molar-refractivity contribution is 7.16. The summed E-state index contributed by atoms with van der Waals surface area (Å²) in [6.07, 6.45) is 1.13. The first kappa shape index (κ1) is 19.6. The first-order chi connectivity index (χ1) is 13.7. The SMILES string of the molecule is O=C(NCC1CCN(c2ccccc2)C1)N1CCN(Cc2ccc(Cl)s2)CC1. The number of carbonyl (C=O) groups is 1. The summed E-state index contributed by atoms with van der Waals surface area (Å²) in [5.41, 5.74) is 1.28. The van der Waals surface area contributed by atoms with Gasteiger partial charge in [0, 0.05) is 62.9 Å². The number of hydrogen-bond donors (Lipinski definition) is 1. The van der Waals surface area contributed by atoms with E-state index in [9.17, 15) is 4.79 Å². The Kier molecular flexibility index (Phi) is 6.40. The van der Waals surface area contributed by atoms with Gasteiger partial charge in [-0.15, -0.1) is 11.3 Å². The number of urea groups is 1. The predicted octanol–water partition coefficient (Wildman–Crippen LogP) is 3.76. The van der Waals surface area contributed by atoms with E-state index in [4.69, 9.17) is 11.6 Å². The third-order valence-electron chi connectivity index (χ3n) is 5.62. The Hall–Kier alpha value is -1.76. The van der Waals surface area contributed by atoms with Gasteiger partial charge >= 0.3 is 6.03 Å². The Bertz CT molecular complexity index is 776. The first-order valence-electron chi connectivity index (χ1n) is 9.97. The van der Waals surface area contributed by atoms with Crippen molar-refractivity contribution in [2.75, 3.05) is 50.7 Å². The molecule has 7 heteroatoms. The maximum Gasteiger partial charge on any atom is 0.317 e. The van der Waals surface area contributed by atoms with Gasteiger partial charge < -0.3 is 15.1 Å². The second kappa shape index (κ2) is 9.16. The highest BCUT2D eigenvalue weighted by atomic mass is 35.5. The first-order valence-corrected chi connectivity index (χ1v) is 11.2. The molecule has 1 aromatic heterocycles. The minimum Gasteiger partial charge on any atom is -0.371 e. The van der Waals surface area contributed by atoms with Gasteiger partial charge in [0.1, 0.15) is 0 Å². The fourth-order valence-corrected chi connectivity index (χ4v) is 5.11. The number of thiophene rings is 1. The minimum atomic E-state index is 0.0805. The number of hydrogen-bond acceptors (Lipinski definition) is 4. The molecule has 1 aromatic carbocycles. The molecule has 1 atom stereocenters. The summed E-state index contributed by atoms with van der Waals surface area (Å²) >= 11 is 7.65. The summed E-state index contributed by atoms with van der Waals surface area (Å²) < 4.78 is 0.839. The highest BCUT2D eigenvalue weighted by Gasteiger charge is 2.25. The van der Waals surface area contributed by atoms with Crippen LogP contribution in [0.4, 0.5) is 10.5 Å². The normalized spacial score (nSPS) is 20.5. The van der Waals surface area contributed by atoms with Crippen molar-refractivity contribution in [3.8, 4) is 0 Å². The number of carbonyl (C=O) groups excluding carboxylic acids is 1. The second-order valence-corrected chi connectivity index (χ2v) is 9.39. The van der Waals surface area contributed by atoms with Crippen molar-refractivity contribution >= 4 is 34.7 Å². The number of rotatable bonds is 5. The molecule has 0 bridgehead atoms. The van der Waals surface area contributed by atoms with Crippen LogP contribution in [-0.4, -0.2) is 61.6 Å². The quantitative estimate of drug-likeness (QED) is 0.803. The van der Waals surface area contributed by atoms with Gasteiger partial charge in [-0.2, -0.15) is 0 Å². The second-order valence-electron chi connectivity index (χ2n) is 7.59. The molecule has 1 unspecified atom stereocenters. The Morgan fingerprint density at radius 3 is 2.57 bits per heavy atom. The van der Waals surface area contributed by atoms with Crippen LogP contribution < -0.4 is 10.2 Å². The number of para-hydroxylation sites is 1. The lowest BCUT2D eigenvalue weighted by molar-refractivity contribution is 0.135. The van der Waals surface area contributed by atoms with E-state index in [1.807, 2.05) is 17.0 Å². The smallest absolute Gasteiger partial charge is 0.317 e. The van der Waals surface area contributed by atoms with E-state index in [2.05, 4.69) is 45.4 Å². The number of benzene rings is 1. The van der Waals surface area contributed by atoms with Gasteiger partial charge in [-0.3, -0.25) is 4.90 Å². The van der Waals surface area contributed by atoms with Crippen molar-refractivity contribution in [1.29, 1.82) is 0 Å². The number of halogens is 1. The van der Waals surface area contributed by atoms with Crippen LogP contribution >= 0.6 is 22.9 Å². The van der Waals surface area contributed by atoms with Crippen LogP contribution in [0, 0.1) is 5.92 Å². The molecule has 2 aliphatic heterocycles. The molecule has 1 N–H and O–H groups in total. The van der Waals surface area contributed by atoms with E-state index < -0.39 is 0 Å². The summed E-state index contributed by atoms with van der Waals surface area (Å²) in [7, 11) is 0. The summed E-state index contributed by atoms with van der Waals surface area (Å²) in [5, 5.41) is 3.16. The van der Waals surface area contributed by atoms with E-state index in [1.165, 1.54) is 10.6 Å². The van der Waals surface area contributed by atoms with Gasteiger partial charge in [-0.25, -0.2) is 4.79 Å². The fraction of sp³-hybridized carbons (Fsp3) is 0.476. The summed E-state index contributed by atoms with van der Waals surface area (Å²) in [6.45, 7) is 7.15. The molecule has 2 aliphatic rings. The van der Waals surface area contributed by atoms with Crippen molar-refractivity contribution in [2.24, 2.45) is 5.92 Å². The molecule has 0 radical (unpaired) electrons. The van der Waals surface area contributed by atoms with Gasteiger partial charge in [0.25, 0.3) is 0 Å². The molecule has 0 aliphatic carbocycles. The highest BCUT2D eigenvalue weighted by Crippen LogP contribution is 2.24. The van der Waals surface area contributed by atoms with Crippen LogP contribution in [-0.2, 0) is 6.54 Å². The van der Waals surface area contributed by atoms with Crippen LogP contribution in [0.5, 0.6) is 0 Å². The van der Waals surface area contributed by atoms with Crippen LogP contribution in [0.3, 0.4) is 0 Å². The Morgan fingerprint density at radius 1 is 1.07 bits per heavy atom. The van der Waals surface area contributed by atoms with Crippen molar-refractivity contribution in [3.05, 3.63) is 51.7 Å². The zero-order chi connectivity index (χ0) is 19.3. The third kappa shape index (κ3) is 4.99. The summed E-state index contributed by atoms with van der Waals surface area (Å²) in [5.74, 6) is 0.522. The topological polar surface area (TPSA) is 38.8 Å². The predicted molar refractivity (Wildman–Crippen MR) is 116 cm³/mol. The Labute approximate surface area is 175 Å². The molecule has 2 saturated heterocycles. The largest absolute Gasteiger partial charge is 0.371 e. The lowest BCUT2D eigenvalue weighted by atomic mass is 10.1. The van der Waals surface area contributed by atoms with Crippen LogP contribution in [0.25, 0.3) is 0 Å². The average Bonchev–Trinajstić information content (AvgIpc) is 3.36. The van der Waals surface area contributed by atoms with E-state index in [-0.39, 0.29) is 6.03 Å². The number of piperazine rings is 1. The molecular formula is C21H27ClN4OS. The zero-order valence-corrected chi connectivity index (χ0v) is 17.6. The number of nitrogens with one attached hydrogen (secondary N) is 1. The van der Waals surface area contributed by atoms with Gasteiger partial charge in [0.15, 0.2) is 0 Å². The van der Waals surface area contributed by atoms with Gasteiger partial charge in [-0.1, -0.05) is 29.8 Å². The Balaban J connectivity index is 1.17. The molecule has 0 spiro atoms. The minimum absolute atomic E-state index is 0.0805. The van der Waals surface area contributed by atoms with Gasteiger partial charge in [-0.05, 0) is 36.6 Å². The van der Waals surface area contributed by atoms with Crippen molar-refractivity contribution in [2.45, 2.75) is 13.0 Å². The zero-order valence-electron chi connectivity index (χ0n) is 16.0. The lowest BCUT2D eigenvalue weighted by Gasteiger charge is -2.34. The average molecular weight is 419 g/mol. The Morgan fingerprint density at radius 2 is 1.86 bits per heavy atom. The molecule has 2 amide bonds. The maximum atomic E-state index is 12.5. The molecule has 150 valence electrons. The number of amides is 2. The van der Waals surface area contributed by atoms with E-state index in [0.29, 0.717) is 5.92 Å². The molecule has 3 heterocycles. The molecule has 5 nitrogen and oxygen atoms in total. The third-order valence-corrected chi connectivity index (χ3v) is 6.83. The van der Waals surface area contributed by atoms with E-state index in [1.54, 1.807) is 11.3 Å². The number of nitrogens with zero attached hydrogens (tertiary/aromatic N) is 3. The molecular weight excluding hydrogens is 392 g/mol. The maximum absolute atomic E-state index is 12.5. The van der Waals surface area contributed by atoms with E-state index >= 15 is 0 Å². The van der Waals surface area contributed by atoms with Gasteiger partial charge in [0.2, 0.25) is 0 Å². The molecule has 0 saturated carbocycles. The fourth-order valence-electron chi connectivity index (χ4n) is 3.98. The van der Waals surface area contributed by atoms with Crippen LogP contribution in [0.15, 0.2) is 42.5 Å². The molecule has 28 heavy (non-hydrogen) atoms. The van der Waals surface area contributed by atoms with Crippen molar-refractivity contribution in [1.82, 2.24) is 15.1 Å².